The van der Waals surface area contributed by atoms with E-state index in [1.165, 1.54) is 12.4 Å². The van der Waals surface area contributed by atoms with Gasteiger partial charge in [-0.25, -0.2) is 19.3 Å². The summed E-state index contributed by atoms with van der Waals surface area (Å²) in [6, 6.07) is 4.92. The number of aromatic nitrogens is 3. The van der Waals surface area contributed by atoms with Crippen molar-refractivity contribution in [3.05, 3.63) is 65.6 Å². The number of rotatable bonds is 1. The second kappa shape index (κ2) is 7.64. The van der Waals surface area contributed by atoms with Gasteiger partial charge < -0.3 is 15.2 Å². The molecule has 7 nitrogen and oxygen atoms in total. The smallest absolute Gasteiger partial charge is 0.225 e. The highest BCUT2D eigenvalue weighted by molar-refractivity contribution is 5.84. The fraction of sp³-hybridized carbons (Fsp3) is 0.280. The highest BCUT2D eigenvalue weighted by atomic mass is 19.1. The molecule has 0 aliphatic carbocycles. The van der Waals surface area contributed by atoms with Crippen LogP contribution in [0.2, 0.25) is 0 Å². The lowest BCUT2D eigenvalue weighted by molar-refractivity contribution is 0.109. The Kier molecular flexibility index (Phi) is 4.87. The average Bonchev–Trinajstić information content (AvgIpc) is 2.78. The van der Waals surface area contributed by atoms with Crippen molar-refractivity contribution in [3.8, 4) is 34.6 Å². The lowest BCUT2D eigenvalue weighted by atomic mass is 9.80. The van der Waals surface area contributed by atoms with Crippen molar-refractivity contribution in [1.82, 2.24) is 15.0 Å². The number of amidine groups is 1. The third kappa shape index (κ3) is 3.81. The molecule has 8 heteroatoms. The molecule has 1 atom stereocenters. The Morgan fingerprint density at radius 2 is 1.88 bits per heavy atom. The van der Waals surface area contributed by atoms with Crippen LogP contribution in [0.15, 0.2) is 48.1 Å². The van der Waals surface area contributed by atoms with E-state index >= 15 is 4.39 Å². The summed E-state index contributed by atoms with van der Waals surface area (Å²) in [7, 11) is 0. The average molecular weight is 443 g/mol. The number of ether oxygens (including phenoxy) is 2. The molecule has 0 saturated heterocycles. The second-order valence-corrected chi connectivity index (χ2v) is 9.09. The Hall–Kier alpha value is -3.83. The molecule has 2 aliphatic rings. The number of halogens is 1. The molecule has 33 heavy (non-hydrogen) atoms. The number of hydrogen-bond acceptors (Lipinski definition) is 7. The third-order valence-corrected chi connectivity index (χ3v) is 5.37. The number of fused-ring (bicyclic) bond motifs is 4. The summed E-state index contributed by atoms with van der Waals surface area (Å²) in [6.07, 6.45) is 6.14. The fourth-order valence-electron chi connectivity index (χ4n) is 3.92. The number of hydrogen-bond donors (Lipinski definition) is 1. The lowest BCUT2D eigenvalue weighted by Crippen LogP contribution is -2.42. The van der Waals surface area contributed by atoms with E-state index in [4.69, 9.17) is 20.2 Å². The van der Waals surface area contributed by atoms with Crippen LogP contribution in [-0.2, 0) is 10.3 Å². The van der Waals surface area contributed by atoms with Gasteiger partial charge in [0.05, 0.1) is 12.2 Å². The minimum Gasteiger partial charge on any atom is -0.438 e. The third-order valence-electron chi connectivity index (χ3n) is 5.37. The molecule has 0 amide bonds. The summed E-state index contributed by atoms with van der Waals surface area (Å²) < 4.78 is 26.9. The van der Waals surface area contributed by atoms with Gasteiger partial charge >= 0.3 is 0 Å². The van der Waals surface area contributed by atoms with E-state index in [-0.39, 0.29) is 18.6 Å². The van der Waals surface area contributed by atoms with Crippen molar-refractivity contribution in [1.29, 1.82) is 0 Å². The van der Waals surface area contributed by atoms with Crippen LogP contribution < -0.4 is 10.5 Å². The van der Waals surface area contributed by atoms with Crippen LogP contribution in [0.1, 0.15) is 37.5 Å². The Balaban J connectivity index is 1.74. The van der Waals surface area contributed by atoms with Gasteiger partial charge in [-0.15, -0.1) is 0 Å². The van der Waals surface area contributed by atoms with Crippen LogP contribution in [0, 0.1) is 23.1 Å². The van der Waals surface area contributed by atoms with E-state index in [9.17, 15) is 0 Å². The number of benzene rings is 1. The topological polar surface area (TPSA) is 95.5 Å². The minimum absolute atomic E-state index is 0.169. The molecule has 0 fully saturated rings. The van der Waals surface area contributed by atoms with Gasteiger partial charge in [-0.1, -0.05) is 11.8 Å². The van der Waals surface area contributed by atoms with Gasteiger partial charge in [0.1, 0.15) is 35.9 Å². The number of nitrogens with zero attached hydrogens (tertiary/aromatic N) is 4. The van der Waals surface area contributed by atoms with Crippen molar-refractivity contribution in [3.63, 3.8) is 0 Å². The Bertz CT molecular complexity index is 1340. The summed E-state index contributed by atoms with van der Waals surface area (Å²) in [5.74, 6) is 6.88. The molecular weight excluding hydrogens is 421 g/mol. The van der Waals surface area contributed by atoms with Gasteiger partial charge in [0, 0.05) is 52.3 Å². The second-order valence-electron chi connectivity index (χ2n) is 9.09. The van der Waals surface area contributed by atoms with Gasteiger partial charge in [0.2, 0.25) is 5.88 Å². The minimum atomic E-state index is -1.05. The molecule has 166 valence electrons. The van der Waals surface area contributed by atoms with E-state index in [2.05, 4.69) is 26.8 Å². The SMILES string of the molecule is CC(C)(C)C#Cc1cnc2c(c1)[C@@]1(COCC(N)=N1)c1cc(-c3cncnc3)c(F)cc1O2. The first kappa shape index (κ1) is 21.0. The molecule has 2 aromatic heterocycles. The molecule has 2 N–H and O–H groups in total. The van der Waals surface area contributed by atoms with E-state index < -0.39 is 11.4 Å². The number of pyridine rings is 1. The summed E-state index contributed by atoms with van der Waals surface area (Å²) in [4.78, 5) is 17.3. The van der Waals surface area contributed by atoms with Crippen molar-refractivity contribution in [2.45, 2.75) is 26.3 Å². The van der Waals surface area contributed by atoms with Gasteiger partial charge in [-0.2, -0.15) is 0 Å². The number of nitrogens with two attached hydrogens (primary N) is 1. The molecular formula is C25H22FN5O2. The molecule has 1 aromatic carbocycles. The summed E-state index contributed by atoms with van der Waals surface area (Å²) in [6.45, 7) is 6.53. The molecule has 5 rings (SSSR count). The molecule has 0 saturated carbocycles. The quantitative estimate of drug-likeness (QED) is 0.575. The van der Waals surface area contributed by atoms with Gasteiger partial charge in [-0.3, -0.25) is 4.99 Å². The van der Waals surface area contributed by atoms with Crippen LogP contribution in [0.4, 0.5) is 4.39 Å². The summed E-state index contributed by atoms with van der Waals surface area (Å²) >= 11 is 0. The van der Waals surface area contributed by atoms with E-state index in [0.29, 0.717) is 45.3 Å². The zero-order valence-corrected chi connectivity index (χ0v) is 18.5. The molecule has 0 bridgehead atoms. The van der Waals surface area contributed by atoms with Gasteiger partial charge in [0.25, 0.3) is 0 Å². The Morgan fingerprint density at radius 3 is 2.61 bits per heavy atom. The molecule has 0 radical (unpaired) electrons. The summed E-state index contributed by atoms with van der Waals surface area (Å²) in [5, 5.41) is 0. The van der Waals surface area contributed by atoms with Crippen LogP contribution in [0.5, 0.6) is 11.6 Å². The predicted octanol–water partition coefficient (Wildman–Crippen LogP) is 3.81. The van der Waals surface area contributed by atoms with Crippen molar-refractivity contribution in [2.24, 2.45) is 16.1 Å². The highest BCUT2D eigenvalue weighted by Gasteiger charge is 2.46. The molecule has 0 unspecified atom stereocenters. The molecule has 3 aromatic rings. The normalized spacial score (nSPS) is 19.0. The van der Waals surface area contributed by atoms with Crippen LogP contribution >= 0.6 is 0 Å². The first-order chi connectivity index (χ1) is 15.7. The number of aliphatic imine (C=N–C) groups is 1. The monoisotopic (exact) mass is 443 g/mol. The van der Waals surface area contributed by atoms with Crippen molar-refractivity contribution in [2.75, 3.05) is 13.2 Å². The highest BCUT2D eigenvalue weighted by Crippen LogP contribution is 2.50. The molecule has 4 heterocycles. The van der Waals surface area contributed by atoms with Crippen molar-refractivity contribution >= 4 is 5.84 Å². The fourth-order valence-corrected chi connectivity index (χ4v) is 3.92. The zero-order valence-electron chi connectivity index (χ0n) is 18.5. The van der Waals surface area contributed by atoms with Crippen LogP contribution in [0.3, 0.4) is 0 Å². The molecule has 1 spiro atoms. The van der Waals surface area contributed by atoms with Crippen LogP contribution in [-0.4, -0.2) is 34.0 Å². The molecule has 2 aliphatic heterocycles. The summed E-state index contributed by atoms with van der Waals surface area (Å²) in [5.41, 5.74) is 7.79. The zero-order chi connectivity index (χ0) is 23.2. The standard InChI is InChI=1S/C25H22FN5O2/c1-24(2,3)5-4-15-6-19-23(30-9-15)33-21-8-20(26)17(16-10-28-14-29-11-16)7-18(21)25(19)13-32-12-22(27)31-25/h6-11,14H,12-13H2,1-3H3,(H2,27,31)/t25-/m1/s1. The Labute approximate surface area is 190 Å². The van der Waals surface area contributed by atoms with Crippen molar-refractivity contribution < 1.29 is 13.9 Å². The first-order valence-corrected chi connectivity index (χ1v) is 10.5. The first-order valence-electron chi connectivity index (χ1n) is 10.5. The maximum Gasteiger partial charge on any atom is 0.225 e. The van der Waals surface area contributed by atoms with Gasteiger partial charge in [0.15, 0.2) is 0 Å². The maximum atomic E-state index is 15.1. The van der Waals surface area contributed by atoms with Gasteiger partial charge in [-0.05, 0) is 32.9 Å². The van der Waals surface area contributed by atoms with E-state index in [1.54, 1.807) is 24.7 Å². The predicted molar refractivity (Wildman–Crippen MR) is 121 cm³/mol. The maximum absolute atomic E-state index is 15.1. The van der Waals surface area contributed by atoms with E-state index in [0.717, 1.165) is 0 Å². The lowest BCUT2D eigenvalue weighted by Gasteiger charge is -2.39. The Morgan fingerprint density at radius 1 is 1.09 bits per heavy atom. The van der Waals surface area contributed by atoms with Crippen LogP contribution in [0.25, 0.3) is 11.1 Å². The van der Waals surface area contributed by atoms with E-state index in [1.807, 2.05) is 26.8 Å². The largest absolute Gasteiger partial charge is 0.438 e.